The zero-order valence-corrected chi connectivity index (χ0v) is 10.8. The predicted molar refractivity (Wildman–Crippen MR) is 64.6 cm³/mol. The number of alkyl halides is 1. The summed E-state index contributed by atoms with van der Waals surface area (Å²) >= 11 is 3.54. The summed E-state index contributed by atoms with van der Waals surface area (Å²) in [5.74, 6) is 0.958. The van der Waals surface area contributed by atoms with Gasteiger partial charge in [0.1, 0.15) is 5.75 Å². The number of hydrogen-bond acceptors (Lipinski definition) is 1. The van der Waals surface area contributed by atoms with Gasteiger partial charge in [0.05, 0.1) is 7.11 Å². The average molecular weight is 257 g/mol. The van der Waals surface area contributed by atoms with Gasteiger partial charge in [-0.25, -0.2) is 0 Å². The highest BCUT2D eigenvalue weighted by molar-refractivity contribution is 9.09. The number of rotatable bonds is 3. The Hall–Kier alpha value is -0.500. The fourth-order valence-electron chi connectivity index (χ4n) is 1.38. The van der Waals surface area contributed by atoms with Crippen molar-refractivity contribution in [1.29, 1.82) is 0 Å². The summed E-state index contributed by atoms with van der Waals surface area (Å²) < 4.78 is 5.23. The standard InChI is InChI=1S/C12H17BrO/c1-9-7-10(12(2,3)8-13)5-6-11(9)14-4/h5-7H,8H2,1-4H3. The Morgan fingerprint density at radius 1 is 1.36 bits per heavy atom. The van der Waals surface area contributed by atoms with E-state index in [1.165, 1.54) is 11.1 Å². The first-order valence-corrected chi connectivity index (χ1v) is 5.84. The Morgan fingerprint density at radius 2 is 2.00 bits per heavy atom. The van der Waals surface area contributed by atoms with Gasteiger partial charge < -0.3 is 4.74 Å². The molecule has 0 N–H and O–H groups in total. The summed E-state index contributed by atoms with van der Waals surface area (Å²) in [4.78, 5) is 0. The third-order valence-corrected chi connectivity index (χ3v) is 3.91. The van der Waals surface area contributed by atoms with Crippen LogP contribution in [0.2, 0.25) is 0 Å². The number of aryl methyl sites for hydroxylation is 1. The summed E-state index contributed by atoms with van der Waals surface area (Å²) in [6.07, 6.45) is 0. The van der Waals surface area contributed by atoms with E-state index in [1.54, 1.807) is 7.11 Å². The quantitative estimate of drug-likeness (QED) is 0.750. The largest absolute Gasteiger partial charge is 0.496 e. The van der Waals surface area contributed by atoms with Gasteiger partial charge in [0, 0.05) is 5.33 Å². The van der Waals surface area contributed by atoms with E-state index in [1.807, 2.05) is 6.07 Å². The summed E-state index contributed by atoms with van der Waals surface area (Å²) in [6.45, 7) is 6.53. The molecule has 1 nitrogen and oxygen atoms in total. The van der Waals surface area contributed by atoms with E-state index in [0.29, 0.717) is 0 Å². The maximum atomic E-state index is 5.23. The lowest BCUT2D eigenvalue weighted by Gasteiger charge is -2.23. The molecule has 0 radical (unpaired) electrons. The van der Waals surface area contributed by atoms with E-state index in [4.69, 9.17) is 4.74 Å². The van der Waals surface area contributed by atoms with Gasteiger partial charge in [-0.15, -0.1) is 0 Å². The number of methoxy groups -OCH3 is 1. The molecule has 1 aromatic carbocycles. The van der Waals surface area contributed by atoms with Gasteiger partial charge >= 0.3 is 0 Å². The zero-order chi connectivity index (χ0) is 10.8. The van der Waals surface area contributed by atoms with Gasteiger partial charge in [0.2, 0.25) is 0 Å². The minimum atomic E-state index is 0.178. The van der Waals surface area contributed by atoms with Crippen molar-refractivity contribution < 1.29 is 4.74 Å². The maximum Gasteiger partial charge on any atom is 0.121 e. The second-order valence-corrected chi connectivity index (χ2v) is 4.76. The predicted octanol–water partition coefficient (Wildman–Crippen LogP) is 3.68. The third-order valence-electron chi connectivity index (χ3n) is 2.51. The molecule has 2 heteroatoms. The van der Waals surface area contributed by atoms with Gasteiger partial charge in [0.25, 0.3) is 0 Å². The topological polar surface area (TPSA) is 9.23 Å². The van der Waals surface area contributed by atoms with Gasteiger partial charge in [-0.2, -0.15) is 0 Å². The Kier molecular flexibility index (Phi) is 3.59. The fraction of sp³-hybridized carbons (Fsp3) is 0.500. The van der Waals surface area contributed by atoms with Gasteiger partial charge in [-0.3, -0.25) is 0 Å². The number of halogens is 1. The molecule has 0 heterocycles. The lowest BCUT2D eigenvalue weighted by Crippen LogP contribution is -2.18. The van der Waals surface area contributed by atoms with Crippen molar-refractivity contribution in [3.63, 3.8) is 0 Å². The highest BCUT2D eigenvalue weighted by Gasteiger charge is 2.19. The molecule has 0 bridgehead atoms. The van der Waals surface area contributed by atoms with Gasteiger partial charge in [-0.05, 0) is 29.5 Å². The minimum Gasteiger partial charge on any atom is -0.496 e. The van der Waals surface area contributed by atoms with Crippen LogP contribution in [0.4, 0.5) is 0 Å². The lowest BCUT2D eigenvalue weighted by molar-refractivity contribution is 0.411. The van der Waals surface area contributed by atoms with Crippen LogP contribution in [0, 0.1) is 6.92 Å². The SMILES string of the molecule is COc1ccc(C(C)(C)CBr)cc1C. The van der Waals surface area contributed by atoms with Crippen molar-refractivity contribution in [2.45, 2.75) is 26.2 Å². The summed E-state index contributed by atoms with van der Waals surface area (Å²) in [5, 5.41) is 0.964. The Morgan fingerprint density at radius 3 is 2.43 bits per heavy atom. The van der Waals surface area contributed by atoms with Crippen LogP contribution in [0.25, 0.3) is 0 Å². The van der Waals surface area contributed by atoms with Crippen LogP contribution in [0.5, 0.6) is 5.75 Å². The highest BCUT2D eigenvalue weighted by Crippen LogP contribution is 2.29. The van der Waals surface area contributed by atoms with Crippen molar-refractivity contribution in [2.75, 3.05) is 12.4 Å². The van der Waals surface area contributed by atoms with Gasteiger partial charge in [0.15, 0.2) is 0 Å². The van der Waals surface area contributed by atoms with Crippen molar-refractivity contribution in [3.05, 3.63) is 29.3 Å². The first-order valence-electron chi connectivity index (χ1n) is 4.72. The normalized spacial score (nSPS) is 11.5. The van der Waals surface area contributed by atoms with Crippen LogP contribution in [0.3, 0.4) is 0 Å². The molecule has 0 aromatic heterocycles. The first-order chi connectivity index (χ1) is 6.51. The smallest absolute Gasteiger partial charge is 0.121 e. The molecule has 0 aliphatic rings. The molecular formula is C12H17BrO. The van der Waals surface area contributed by atoms with Crippen LogP contribution in [-0.2, 0) is 5.41 Å². The molecule has 0 aliphatic heterocycles. The van der Waals surface area contributed by atoms with Crippen molar-refractivity contribution in [1.82, 2.24) is 0 Å². The van der Waals surface area contributed by atoms with E-state index in [2.05, 4.69) is 48.8 Å². The van der Waals surface area contributed by atoms with Crippen LogP contribution in [-0.4, -0.2) is 12.4 Å². The van der Waals surface area contributed by atoms with E-state index >= 15 is 0 Å². The molecule has 0 atom stereocenters. The maximum absolute atomic E-state index is 5.23. The summed E-state index contributed by atoms with van der Waals surface area (Å²) in [6, 6.07) is 6.36. The molecule has 1 rings (SSSR count). The fourth-order valence-corrected chi connectivity index (χ4v) is 1.70. The number of benzene rings is 1. The second-order valence-electron chi connectivity index (χ2n) is 4.20. The van der Waals surface area contributed by atoms with Crippen LogP contribution >= 0.6 is 15.9 Å². The summed E-state index contributed by atoms with van der Waals surface area (Å²) in [7, 11) is 1.71. The first kappa shape index (κ1) is 11.6. The van der Waals surface area contributed by atoms with Crippen LogP contribution < -0.4 is 4.74 Å². The molecular weight excluding hydrogens is 240 g/mol. The van der Waals surface area contributed by atoms with E-state index in [0.717, 1.165) is 11.1 Å². The molecule has 78 valence electrons. The molecule has 0 amide bonds. The third kappa shape index (κ3) is 2.30. The highest BCUT2D eigenvalue weighted by atomic mass is 79.9. The molecule has 1 aromatic rings. The van der Waals surface area contributed by atoms with Crippen LogP contribution in [0.1, 0.15) is 25.0 Å². The van der Waals surface area contributed by atoms with E-state index < -0.39 is 0 Å². The Bertz CT molecular complexity index is 318. The summed E-state index contributed by atoms with van der Waals surface area (Å²) in [5.41, 5.74) is 2.71. The average Bonchev–Trinajstić information content (AvgIpc) is 2.17. The lowest BCUT2D eigenvalue weighted by atomic mass is 9.86. The minimum absolute atomic E-state index is 0.178. The van der Waals surface area contributed by atoms with Crippen molar-refractivity contribution in [2.24, 2.45) is 0 Å². The molecule has 0 aliphatic carbocycles. The monoisotopic (exact) mass is 256 g/mol. The van der Waals surface area contributed by atoms with Crippen molar-refractivity contribution in [3.8, 4) is 5.75 Å². The Labute approximate surface area is 94.6 Å². The zero-order valence-electron chi connectivity index (χ0n) is 9.23. The molecule has 0 saturated heterocycles. The molecule has 0 unspecified atom stereocenters. The van der Waals surface area contributed by atoms with E-state index in [-0.39, 0.29) is 5.41 Å². The van der Waals surface area contributed by atoms with Crippen LogP contribution in [0.15, 0.2) is 18.2 Å². The van der Waals surface area contributed by atoms with Crippen molar-refractivity contribution >= 4 is 15.9 Å². The van der Waals surface area contributed by atoms with Gasteiger partial charge in [-0.1, -0.05) is 41.9 Å². The second kappa shape index (κ2) is 4.35. The van der Waals surface area contributed by atoms with E-state index in [9.17, 15) is 0 Å². The number of ether oxygens (including phenoxy) is 1. The Balaban J connectivity index is 3.08. The molecule has 0 spiro atoms. The molecule has 14 heavy (non-hydrogen) atoms. The molecule has 0 saturated carbocycles. The molecule has 0 fully saturated rings. The number of hydrogen-bond donors (Lipinski definition) is 0.